The van der Waals surface area contributed by atoms with Crippen LogP contribution in [0, 0.1) is 0 Å². The maximum Gasteiger partial charge on any atom is 0.192 e. The highest BCUT2D eigenvalue weighted by atomic mass is 35.5. The molecule has 0 N–H and O–H groups in total. The topological polar surface area (TPSA) is 53.1 Å². The van der Waals surface area contributed by atoms with Crippen LogP contribution >= 0.6 is 35.0 Å². The van der Waals surface area contributed by atoms with Crippen LogP contribution in [-0.4, -0.2) is 21.9 Å². The summed E-state index contributed by atoms with van der Waals surface area (Å²) in [5.74, 6) is 2.95. The van der Waals surface area contributed by atoms with Crippen LogP contribution in [0.4, 0.5) is 0 Å². The molecule has 0 spiro atoms. The molecule has 0 bridgehead atoms. The third-order valence-electron chi connectivity index (χ3n) is 4.31. The first-order valence-electron chi connectivity index (χ1n) is 8.81. The smallest absolute Gasteiger partial charge is 0.192 e. The van der Waals surface area contributed by atoms with E-state index in [1.807, 2.05) is 53.1 Å². The zero-order valence-electron chi connectivity index (χ0n) is 15.5. The Kier molecular flexibility index (Phi) is 6.13. The van der Waals surface area contributed by atoms with Gasteiger partial charge in [0.1, 0.15) is 11.5 Å². The second-order valence-electron chi connectivity index (χ2n) is 6.21. The summed E-state index contributed by atoms with van der Waals surface area (Å²) in [5.41, 5.74) is 1.92. The van der Waals surface area contributed by atoms with Gasteiger partial charge in [-0.1, -0.05) is 53.2 Å². The summed E-state index contributed by atoms with van der Waals surface area (Å²) >= 11 is 13.7. The van der Waals surface area contributed by atoms with Gasteiger partial charge in [-0.3, -0.25) is 4.57 Å². The molecule has 2 aromatic heterocycles. The molecule has 8 heteroatoms. The fraction of sp³-hybridized carbons (Fsp3) is 0.143. The van der Waals surface area contributed by atoms with Gasteiger partial charge < -0.3 is 9.15 Å². The largest absolute Gasteiger partial charge is 0.496 e. The molecule has 0 saturated carbocycles. The van der Waals surface area contributed by atoms with Crippen molar-refractivity contribution in [3.05, 3.63) is 82.2 Å². The van der Waals surface area contributed by atoms with Crippen LogP contribution in [0.2, 0.25) is 10.0 Å². The number of halogens is 2. The lowest BCUT2D eigenvalue weighted by Gasteiger charge is -2.11. The standard InChI is InChI=1S/C21H17Cl2N3O2S/c1-27-19-7-3-2-6-16(19)20-24-25-21(26(20)12-15-5-4-10-28-15)29-13-14-8-9-17(22)18(23)11-14/h2-11H,12-13H2,1H3. The van der Waals surface area contributed by atoms with E-state index in [2.05, 4.69) is 10.2 Å². The zero-order valence-corrected chi connectivity index (χ0v) is 17.8. The summed E-state index contributed by atoms with van der Waals surface area (Å²) in [7, 11) is 1.64. The predicted molar refractivity (Wildman–Crippen MR) is 116 cm³/mol. The number of nitrogens with zero attached hydrogens (tertiary/aromatic N) is 3. The number of para-hydroxylation sites is 1. The summed E-state index contributed by atoms with van der Waals surface area (Å²) in [6.45, 7) is 0.511. The van der Waals surface area contributed by atoms with Crippen LogP contribution in [0.25, 0.3) is 11.4 Å². The SMILES string of the molecule is COc1ccccc1-c1nnc(SCc2ccc(Cl)c(Cl)c2)n1Cc1ccco1. The van der Waals surface area contributed by atoms with Crippen molar-refractivity contribution in [3.63, 3.8) is 0 Å². The minimum absolute atomic E-state index is 0.511. The number of rotatable bonds is 7. The van der Waals surface area contributed by atoms with Crippen LogP contribution in [0.3, 0.4) is 0 Å². The van der Waals surface area contributed by atoms with E-state index in [0.717, 1.165) is 33.6 Å². The van der Waals surface area contributed by atoms with E-state index in [4.69, 9.17) is 32.4 Å². The van der Waals surface area contributed by atoms with Gasteiger partial charge in [0.15, 0.2) is 11.0 Å². The van der Waals surface area contributed by atoms with Crippen LogP contribution < -0.4 is 4.74 Å². The average molecular weight is 446 g/mol. The summed E-state index contributed by atoms with van der Waals surface area (Å²) in [6, 6.07) is 17.2. The summed E-state index contributed by atoms with van der Waals surface area (Å²) in [4.78, 5) is 0. The number of benzene rings is 2. The van der Waals surface area contributed by atoms with E-state index in [-0.39, 0.29) is 0 Å². The number of hydrogen-bond donors (Lipinski definition) is 0. The zero-order chi connectivity index (χ0) is 20.2. The second-order valence-corrected chi connectivity index (χ2v) is 7.97. The molecule has 4 rings (SSSR count). The van der Waals surface area contributed by atoms with Crippen LogP contribution in [0.5, 0.6) is 5.75 Å². The van der Waals surface area contributed by atoms with E-state index < -0.39 is 0 Å². The number of methoxy groups -OCH3 is 1. The Morgan fingerprint density at radius 2 is 1.90 bits per heavy atom. The summed E-state index contributed by atoms with van der Waals surface area (Å²) < 4.78 is 13.1. The number of thioether (sulfide) groups is 1. The summed E-state index contributed by atoms with van der Waals surface area (Å²) in [5, 5.41) is 10.7. The molecule has 0 unspecified atom stereocenters. The molecule has 0 aliphatic heterocycles. The van der Waals surface area contributed by atoms with Gasteiger partial charge in [0.05, 0.1) is 35.5 Å². The van der Waals surface area contributed by atoms with E-state index in [1.54, 1.807) is 31.2 Å². The molecule has 0 fully saturated rings. The number of ether oxygens (including phenoxy) is 1. The van der Waals surface area contributed by atoms with Crippen molar-refractivity contribution < 1.29 is 9.15 Å². The normalized spacial score (nSPS) is 11.0. The first kappa shape index (κ1) is 19.9. The number of hydrogen-bond acceptors (Lipinski definition) is 5. The molecule has 148 valence electrons. The predicted octanol–water partition coefficient (Wildman–Crippen LogP) is 6.19. The van der Waals surface area contributed by atoms with Gasteiger partial charge in [0.2, 0.25) is 0 Å². The van der Waals surface area contributed by atoms with E-state index >= 15 is 0 Å². The third-order valence-corrected chi connectivity index (χ3v) is 6.09. The Morgan fingerprint density at radius 1 is 1.03 bits per heavy atom. The summed E-state index contributed by atoms with van der Waals surface area (Å²) in [6.07, 6.45) is 1.66. The first-order valence-corrected chi connectivity index (χ1v) is 10.6. The molecule has 5 nitrogen and oxygen atoms in total. The molecule has 2 heterocycles. The second kappa shape index (κ2) is 8.95. The van der Waals surface area contributed by atoms with Crippen molar-refractivity contribution in [2.75, 3.05) is 7.11 Å². The molecule has 2 aromatic carbocycles. The molecule has 0 aliphatic carbocycles. The first-order chi connectivity index (χ1) is 14.2. The van der Waals surface area contributed by atoms with Crippen molar-refractivity contribution in [1.29, 1.82) is 0 Å². The fourth-order valence-corrected chi connectivity index (χ4v) is 4.10. The lowest BCUT2D eigenvalue weighted by Crippen LogP contribution is -2.04. The van der Waals surface area contributed by atoms with E-state index in [9.17, 15) is 0 Å². The molecule has 4 aromatic rings. The highest BCUT2D eigenvalue weighted by Gasteiger charge is 2.18. The van der Waals surface area contributed by atoms with Crippen molar-refractivity contribution in [1.82, 2.24) is 14.8 Å². The minimum atomic E-state index is 0.511. The van der Waals surface area contributed by atoms with Crippen molar-refractivity contribution in [3.8, 4) is 17.1 Å². The Hall–Kier alpha value is -2.41. The van der Waals surface area contributed by atoms with Crippen LogP contribution in [0.15, 0.2) is 70.4 Å². The van der Waals surface area contributed by atoms with Crippen LogP contribution in [-0.2, 0) is 12.3 Å². The molecule has 29 heavy (non-hydrogen) atoms. The van der Waals surface area contributed by atoms with Gasteiger partial charge in [-0.25, -0.2) is 0 Å². The monoisotopic (exact) mass is 445 g/mol. The Morgan fingerprint density at radius 3 is 2.66 bits per heavy atom. The van der Waals surface area contributed by atoms with E-state index in [0.29, 0.717) is 22.3 Å². The fourth-order valence-electron chi connectivity index (χ4n) is 2.90. The number of aromatic nitrogens is 3. The van der Waals surface area contributed by atoms with Gasteiger partial charge in [0.25, 0.3) is 0 Å². The molecular weight excluding hydrogens is 429 g/mol. The molecule has 0 saturated heterocycles. The molecule has 0 atom stereocenters. The maximum atomic E-state index is 6.14. The quantitative estimate of drug-likeness (QED) is 0.317. The van der Waals surface area contributed by atoms with E-state index in [1.165, 1.54) is 0 Å². The Balaban J connectivity index is 1.68. The van der Waals surface area contributed by atoms with Crippen molar-refractivity contribution in [2.45, 2.75) is 17.5 Å². The Bertz CT molecular complexity index is 1110. The highest BCUT2D eigenvalue weighted by molar-refractivity contribution is 7.98. The van der Waals surface area contributed by atoms with Gasteiger partial charge in [-0.2, -0.15) is 0 Å². The maximum absolute atomic E-state index is 6.14. The lowest BCUT2D eigenvalue weighted by atomic mass is 10.2. The third kappa shape index (κ3) is 4.45. The van der Waals surface area contributed by atoms with Gasteiger partial charge in [-0.15, -0.1) is 10.2 Å². The van der Waals surface area contributed by atoms with Gasteiger partial charge in [0, 0.05) is 5.75 Å². The molecule has 0 amide bonds. The van der Waals surface area contributed by atoms with Crippen LogP contribution in [0.1, 0.15) is 11.3 Å². The molecule has 0 aliphatic rings. The Labute approximate surface area is 182 Å². The van der Waals surface area contributed by atoms with Crippen molar-refractivity contribution >= 4 is 35.0 Å². The molecule has 0 radical (unpaired) electrons. The van der Waals surface area contributed by atoms with Crippen molar-refractivity contribution in [2.24, 2.45) is 0 Å². The van der Waals surface area contributed by atoms with Gasteiger partial charge >= 0.3 is 0 Å². The molecular formula is C21H17Cl2N3O2S. The average Bonchev–Trinajstić information content (AvgIpc) is 3.39. The number of furan rings is 1. The minimum Gasteiger partial charge on any atom is -0.496 e. The lowest BCUT2D eigenvalue weighted by molar-refractivity contribution is 0.415. The highest BCUT2D eigenvalue weighted by Crippen LogP contribution is 2.33. The van der Waals surface area contributed by atoms with Gasteiger partial charge in [-0.05, 0) is 42.0 Å².